The van der Waals surface area contributed by atoms with Crippen molar-refractivity contribution in [1.29, 1.82) is 0 Å². The number of benzene rings is 2. The van der Waals surface area contributed by atoms with E-state index in [1.54, 1.807) is 4.90 Å². The first-order valence-corrected chi connectivity index (χ1v) is 7.52. The van der Waals surface area contributed by atoms with Crippen molar-refractivity contribution in [3.63, 3.8) is 0 Å². The lowest BCUT2D eigenvalue weighted by molar-refractivity contribution is -0.114. The van der Waals surface area contributed by atoms with E-state index in [2.05, 4.69) is 5.32 Å². The zero-order valence-corrected chi connectivity index (χ0v) is 13.1. The van der Waals surface area contributed by atoms with Crippen LogP contribution in [0.25, 0.3) is 0 Å². The lowest BCUT2D eigenvalue weighted by Gasteiger charge is -2.35. The van der Waals surface area contributed by atoms with Gasteiger partial charge in [0.1, 0.15) is 0 Å². The van der Waals surface area contributed by atoms with E-state index in [-0.39, 0.29) is 11.8 Å². The van der Waals surface area contributed by atoms with Crippen molar-refractivity contribution in [3.05, 3.63) is 77.5 Å². The van der Waals surface area contributed by atoms with E-state index in [9.17, 15) is 9.59 Å². The summed E-state index contributed by atoms with van der Waals surface area (Å²) in [6, 6.07) is 18.2. The van der Waals surface area contributed by atoms with Crippen molar-refractivity contribution in [2.24, 2.45) is 0 Å². The van der Waals surface area contributed by atoms with Crippen molar-refractivity contribution in [2.75, 3.05) is 4.90 Å². The van der Waals surface area contributed by atoms with Crippen molar-refractivity contribution >= 4 is 17.5 Å². The number of para-hydroxylation sites is 1. The maximum Gasteiger partial charge on any atom is 0.326 e. The number of Topliss-reactive ketones (excluding diaryl/α,β-unsaturated/α-hetero) is 1. The van der Waals surface area contributed by atoms with Crippen molar-refractivity contribution in [2.45, 2.75) is 19.9 Å². The fourth-order valence-corrected chi connectivity index (χ4v) is 2.98. The molecule has 0 aliphatic carbocycles. The predicted octanol–water partition coefficient (Wildman–Crippen LogP) is 3.82. The summed E-state index contributed by atoms with van der Waals surface area (Å²) in [5.74, 6) is -0.0442. The minimum Gasteiger partial charge on any atom is -0.326 e. The molecule has 1 aliphatic heterocycles. The number of rotatable bonds is 3. The molecule has 0 fully saturated rings. The Morgan fingerprint density at radius 1 is 1.00 bits per heavy atom. The Morgan fingerprint density at radius 3 is 2.13 bits per heavy atom. The smallest absolute Gasteiger partial charge is 0.326 e. The first-order valence-electron chi connectivity index (χ1n) is 7.52. The first kappa shape index (κ1) is 15.0. The molecule has 0 aromatic heterocycles. The zero-order valence-electron chi connectivity index (χ0n) is 13.1. The van der Waals surface area contributed by atoms with Crippen LogP contribution in [0.15, 0.2) is 71.9 Å². The Bertz CT molecular complexity index is 766. The highest BCUT2D eigenvalue weighted by Crippen LogP contribution is 2.33. The summed E-state index contributed by atoms with van der Waals surface area (Å²) in [4.78, 5) is 26.4. The van der Waals surface area contributed by atoms with Gasteiger partial charge in [-0.05, 0) is 31.5 Å². The molecule has 1 N–H and O–H groups in total. The van der Waals surface area contributed by atoms with Gasteiger partial charge < -0.3 is 5.32 Å². The topological polar surface area (TPSA) is 49.4 Å². The van der Waals surface area contributed by atoms with E-state index in [1.807, 2.05) is 67.6 Å². The summed E-state index contributed by atoms with van der Waals surface area (Å²) in [6.07, 6.45) is 0. The molecule has 0 saturated heterocycles. The lowest BCUT2D eigenvalue weighted by Crippen LogP contribution is -2.47. The maximum absolute atomic E-state index is 12.6. The Morgan fingerprint density at radius 2 is 1.57 bits per heavy atom. The Kier molecular flexibility index (Phi) is 3.98. The van der Waals surface area contributed by atoms with Gasteiger partial charge in [0.25, 0.3) is 0 Å². The third-order valence-electron chi connectivity index (χ3n) is 4.01. The van der Waals surface area contributed by atoms with E-state index < -0.39 is 6.04 Å². The van der Waals surface area contributed by atoms with Gasteiger partial charge >= 0.3 is 6.03 Å². The quantitative estimate of drug-likeness (QED) is 0.937. The van der Waals surface area contributed by atoms with Gasteiger partial charge in [0.15, 0.2) is 5.78 Å². The van der Waals surface area contributed by atoms with Crippen LogP contribution in [0.5, 0.6) is 0 Å². The van der Waals surface area contributed by atoms with E-state index in [4.69, 9.17) is 0 Å². The molecule has 1 atom stereocenters. The molecule has 4 nitrogen and oxygen atoms in total. The Balaban J connectivity index is 2.12. The maximum atomic E-state index is 12.6. The number of carbonyl (C=O) groups excluding carboxylic acids is 2. The van der Waals surface area contributed by atoms with Crippen LogP contribution in [0, 0.1) is 0 Å². The highest BCUT2D eigenvalue weighted by Gasteiger charge is 2.34. The number of nitrogens with one attached hydrogen (secondary N) is 1. The molecule has 0 spiro atoms. The van der Waals surface area contributed by atoms with Crippen LogP contribution in [-0.2, 0) is 4.79 Å². The molecular weight excluding hydrogens is 288 g/mol. The minimum atomic E-state index is -0.416. The molecule has 2 amide bonds. The number of ketones is 1. The summed E-state index contributed by atoms with van der Waals surface area (Å²) in [5.41, 5.74) is 2.92. The first-order chi connectivity index (χ1) is 11.1. The van der Waals surface area contributed by atoms with Gasteiger partial charge in [-0.2, -0.15) is 0 Å². The third kappa shape index (κ3) is 2.75. The monoisotopic (exact) mass is 306 g/mol. The largest absolute Gasteiger partial charge is 0.326 e. The van der Waals surface area contributed by atoms with Gasteiger partial charge in [-0.15, -0.1) is 0 Å². The molecule has 2 aromatic rings. The predicted molar refractivity (Wildman–Crippen MR) is 90.0 cm³/mol. The second-order valence-corrected chi connectivity index (χ2v) is 5.52. The van der Waals surface area contributed by atoms with Gasteiger partial charge in [-0.25, -0.2) is 4.79 Å². The number of allylic oxidation sites excluding steroid dienone is 1. The molecule has 23 heavy (non-hydrogen) atoms. The van der Waals surface area contributed by atoms with Crippen molar-refractivity contribution < 1.29 is 9.59 Å². The van der Waals surface area contributed by atoms with Gasteiger partial charge in [0, 0.05) is 11.3 Å². The summed E-state index contributed by atoms with van der Waals surface area (Å²) in [5, 5.41) is 2.95. The standard InChI is InChI=1S/C19H18N2O2/c1-13-17(14(2)22)18(15-9-5-3-6-10-15)20-19(23)21(13)16-11-7-4-8-12-16/h3-12,18H,1-2H3,(H,20,23)/t18-/m0/s1. The molecule has 0 unspecified atom stereocenters. The Hall–Kier alpha value is -2.88. The highest BCUT2D eigenvalue weighted by atomic mass is 16.2. The van der Waals surface area contributed by atoms with Crippen molar-refractivity contribution in [3.8, 4) is 0 Å². The molecule has 0 saturated carbocycles. The molecule has 2 aromatic carbocycles. The van der Waals surface area contributed by atoms with E-state index >= 15 is 0 Å². The fraction of sp³-hybridized carbons (Fsp3) is 0.158. The van der Waals surface area contributed by atoms with Crippen LogP contribution in [0.3, 0.4) is 0 Å². The number of carbonyl (C=O) groups is 2. The Labute approximate surface area is 135 Å². The average Bonchev–Trinajstić information content (AvgIpc) is 2.55. The van der Waals surface area contributed by atoms with Gasteiger partial charge in [0.2, 0.25) is 0 Å². The van der Waals surface area contributed by atoms with E-state index in [0.29, 0.717) is 11.3 Å². The molecule has 116 valence electrons. The van der Waals surface area contributed by atoms with E-state index in [1.165, 1.54) is 6.92 Å². The molecule has 4 heteroatoms. The minimum absolute atomic E-state index is 0.0442. The van der Waals surface area contributed by atoms with Crippen LogP contribution in [0.1, 0.15) is 25.5 Å². The number of hydrogen-bond acceptors (Lipinski definition) is 2. The summed E-state index contributed by atoms with van der Waals surface area (Å²) >= 11 is 0. The second kappa shape index (κ2) is 6.08. The zero-order chi connectivity index (χ0) is 16.4. The number of nitrogens with zero attached hydrogens (tertiary/aromatic N) is 1. The van der Waals surface area contributed by atoms with Gasteiger partial charge in [0.05, 0.1) is 11.7 Å². The molecular formula is C19H18N2O2. The van der Waals surface area contributed by atoms with Crippen LogP contribution >= 0.6 is 0 Å². The van der Waals surface area contributed by atoms with Crippen LogP contribution < -0.4 is 10.2 Å². The number of anilines is 1. The van der Waals surface area contributed by atoms with Gasteiger partial charge in [-0.3, -0.25) is 9.69 Å². The van der Waals surface area contributed by atoms with Crippen LogP contribution in [0.4, 0.5) is 10.5 Å². The van der Waals surface area contributed by atoms with Crippen molar-refractivity contribution in [1.82, 2.24) is 5.32 Å². The van der Waals surface area contributed by atoms with Gasteiger partial charge in [-0.1, -0.05) is 48.5 Å². The summed E-state index contributed by atoms with van der Waals surface area (Å²) < 4.78 is 0. The lowest BCUT2D eigenvalue weighted by atomic mass is 9.92. The molecule has 0 bridgehead atoms. The third-order valence-corrected chi connectivity index (χ3v) is 4.01. The molecule has 1 heterocycles. The van der Waals surface area contributed by atoms with Crippen LogP contribution in [0.2, 0.25) is 0 Å². The summed E-state index contributed by atoms with van der Waals surface area (Å²) in [6.45, 7) is 3.35. The number of urea groups is 1. The SMILES string of the molecule is CC(=O)C1=C(C)N(c2ccccc2)C(=O)N[C@H]1c1ccccc1. The average molecular weight is 306 g/mol. The summed E-state index contributed by atoms with van der Waals surface area (Å²) in [7, 11) is 0. The fourth-order valence-electron chi connectivity index (χ4n) is 2.98. The number of amides is 2. The second-order valence-electron chi connectivity index (χ2n) is 5.52. The molecule has 0 radical (unpaired) electrons. The molecule has 1 aliphatic rings. The highest BCUT2D eigenvalue weighted by molar-refractivity contribution is 6.04. The van der Waals surface area contributed by atoms with Crippen LogP contribution in [-0.4, -0.2) is 11.8 Å². The van der Waals surface area contributed by atoms with E-state index in [0.717, 1.165) is 11.3 Å². The number of hydrogen-bond donors (Lipinski definition) is 1. The normalized spacial score (nSPS) is 17.9. The molecule has 3 rings (SSSR count).